The molecule has 1 aliphatic carbocycles. The molecule has 0 bridgehead atoms. The second-order valence-corrected chi connectivity index (χ2v) is 13.6. The minimum Gasteiger partial charge on any atom is -0.256 e. The van der Waals surface area contributed by atoms with Gasteiger partial charge in [0.1, 0.15) is 0 Å². The molecule has 8 aromatic rings. The average Bonchev–Trinajstić information content (AvgIpc) is 3.44. The molecule has 51 heavy (non-hydrogen) atoms. The maximum atomic E-state index is 5.20. The Morgan fingerprint density at radius 3 is 1.57 bits per heavy atom. The van der Waals surface area contributed by atoms with Gasteiger partial charge in [0.25, 0.3) is 0 Å². The second-order valence-electron chi connectivity index (χ2n) is 13.6. The normalized spacial score (nSPS) is 12.7. The van der Waals surface area contributed by atoms with Gasteiger partial charge in [0.2, 0.25) is 0 Å². The molecular formula is C47H34N4. The maximum Gasteiger partial charge on any atom is 0.164 e. The fourth-order valence-electron chi connectivity index (χ4n) is 7.30. The Bertz CT molecular complexity index is 2520. The van der Waals surface area contributed by atoms with Crippen LogP contribution in [0.4, 0.5) is 0 Å². The Morgan fingerprint density at radius 1 is 0.353 bits per heavy atom. The van der Waals surface area contributed by atoms with E-state index in [4.69, 9.17) is 19.9 Å². The Morgan fingerprint density at radius 2 is 0.863 bits per heavy atom. The summed E-state index contributed by atoms with van der Waals surface area (Å²) in [6.07, 6.45) is 1.83. The zero-order valence-electron chi connectivity index (χ0n) is 28.5. The van der Waals surface area contributed by atoms with Gasteiger partial charge in [-0.1, -0.05) is 141 Å². The van der Waals surface area contributed by atoms with Crippen LogP contribution in [0, 0.1) is 0 Å². The largest absolute Gasteiger partial charge is 0.256 e. The van der Waals surface area contributed by atoms with E-state index in [9.17, 15) is 0 Å². The molecule has 1 aliphatic rings. The van der Waals surface area contributed by atoms with Crippen molar-refractivity contribution in [3.63, 3.8) is 0 Å². The zero-order valence-corrected chi connectivity index (χ0v) is 28.5. The Kier molecular flexibility index (Phi) is 7.44. The zero-order chi connectivity index (χ0) is 34.4. The van der Waals surface area contributed by atoms with Gasteiger partial charge in [-0.25, -0.2) is 15.0 Å². The Balaban J connectivity index is 1.21. The summed E-state index contributed by atoms with van der Waals surface area (Å²) in [5.41, 5.74) is 14.3. The molecule has 9 rings (SSSR count). The molecule has 6 aromatic carbocycles. The molecule has 0 N–H and O–H groups in total. The first-order chi connectivity index (χ1) is 25.0. The molecule has 0 spiro atoms. The number of rotatable bonds is 6. The lowest BCUT2D eigenvalue weighted by Gasteiger charge is -2.21. The maximum absolute atomic E-state index is 5.20. The summed E-state index contributed by atoms with van der Waals surface area (Å²) in [4.78, 5) is 20.1. The van der Waals surface area contributed by atoms with Crippen molar-refractivity contribution in [3.8, 4) is 78.8 Å². The molecule has 0 saturated heterocycles. The second kappa shape index (κ2) is 12.4. The highest BCUT2D eigenvalue weighted by Gasteiger charge is 2.35. The van der Waals surface area contributed by atoms with Gasteiger partial charge < -0.3 is 0 Å². The third kappa shape index (κ3) is 5.61. The van der Waals surface area contributed by atoms with Crippen LogP contribution in [-0.2, 0) is 5.41 Å². The van der Waals surface area contributed by atoms with E-state index in [1.54, 1.807) is 0 Å². The van der Waals surface area contributed by atoms with Gasteiger partial charge in [0.05, 0.1) is 5.69 Å². The van der Waals surface area contributed by atoms with Crippen molar-refractivity contribution in [2.75, 3.05) is 0 Å². The fraction of sp³-hybridized carbons (Fsp3) is 0.0638. The lowest BCUT2D eigenvalue weighted by atomic mass is 9.82. The van der Waals surface area contributed by atoms with Crippen molar-refractivity contribution < 1.29 is 0 Å². The van der Waals surface area contributed by atoms with Crippen LogP contribution in [0.15, 0.2) is 170 Å². The molecule has 0 unspecified atom stereocenters. The van der Waals surface area contributed by atoms with E-state index in [0.29, 0.717) is 17.5 Å². The molecule has 2 aromatic heterocycles. The van der Waals surface area contributed by atoms with Crippen molar-refractivity contribution in [1.29, 1.82) is 0 Å². The minimum atomic E-state index is -0.0778. The number of aromatic nitrogens is 4. The van der Waals surface area contributed by atoms with Gasteiger partial charge in [-0.15, -0.1) is 0 Å². The van der Waals surface area contributed by atoms with E-state index in [2.05, 4.69) is 123 Å². The lowest BCUT2D eigenvalue weighted by molar-refractivity contribution is 0.660. The van der Waals surface area contributed by atoms with Crippen LogP contribution >= 0.6 is 0 Å². The summed E-state index contributed by atoms with van der Waals surface area (Å²) in [5.74, 6) is 1.88. The number of fused-ring (bicyclic) bond motifs is 3. The number of nitrogens with zero attached hydrogens (tertiary/aromatic N) is 4. The van der Waals surface area contributed by atoms with Crippen molar-refractivity contribution in [2.45, 2.75) is 19.3 Å². The molecule has 0 saturated carbocycles. The van der Waals surface area contributed by atoms with Gasteiger partial charge in [0, 0.05) is 33.9 Å². The van der Waals surface area contributed by atoms with Crippen molar-refractivity contribution >= 4 is 0 Å². The highest BCUT2D eigenvalue weighted by Crippen LogP contribution is 2.49. The molecule has 0 aliphatic heterocycles. The lowest BCUT2D eigenvalue weighted by Crippen LogP contribution is -2.14. The molecule has 0 radical (unpaired) electrons. The van der Waals surface area contributed by atoms with Gasteiger partial charge in [-0.3, -0.25) is 4.98 Å². The van der Waals surface area contributed by atoms with E-state index < -0.39 is 0 Å². The van der Waals surface area contributed by atoms with Crippen molar-refractivity contribution in [3.05, 3.63) is 181 Å². The Hall–Kier alpha value is -6.52. The van der Waals surface area contributed by atoms with E-state index in [1.807, 2.05) is 60.8 Å². The fourth-order valence-corrected chi connectivity index (χ4v) is 7.30. The first kappa shape index (κ1) is 30.5. The van der Waals surface area contributed by atoms with E-state index >= 15 is 0 Å². The number of hydrogen-bond acceptors (Lipinski definition) is 4. The predicted molar refractivity (Wildman–Crippen MR) is 208 cm³/mol. The smallest absolute Gasteiger partial charge is 0.164 e. The molecule has 0 amide bonds. The van der Waals surface area contributed by atoms with Gasteiger partial charge in [-0.05, 0) is 80.9 Å². The minimum absolute atomic E-state index is 0.0778. The van der Waals surface area contributed by atoms with Crippen LogP contribution in [0.1, 0.15) is 25.0 Å². The van der Waals surface area contributed by atoms with Gasteiger partial charge in [0.15, 0.2) is 17.5 Å². The van der Waals surface area contributed by atoms with Crippen molar-refractivity contribution in [1.82, 2.24) is 19.9 Å². The van der Waals surface area contributed by atoms with Gasteiger partial charge in [-0.2, -0.15) is 0 Å². The highest BCUT2D eigenvalue weighted by molar-refractivity contribution is 5.85. The van der Waals surface area contributed by atoms with Crippen LogP contribution < -0.4 is 0 Å². The third-order valence-corrected chi connectivity index (χ3v) is 9.99. The van der Waals surface area contributed by atoms with Crippen molar-refractivity contribution in [2.24, 2.45) is 0 Å². The number of hydrogen-bond donors (Lipinski definition) is 0. The standard InChI is InChI=1S/C47H34N4/c1-47(2)41-18-10-9-17-39(41)40-30-35(24-25-42(40)47)45-49-44(34-15-7-4-8-16-34)50-46(51-45)38-28-36(27-37(29-38)43-19-11-12-26-48-43)33-22-20-32(21-23-33)31-13-5-3-6-14-31/h3-30H,1-2H3. The highest BCUT2D eigenvalue weighted by atomic mass is 15.0. The van der Waals surface area contributed by atoms with Crippen LogP contribution in [-0.4, -0.2) is 19.9 Å². The average molecular weight is 655 g/mol. The molecule has 4 nitrogen and oxygen atoms in total. The molecule has 0 atom stereocenters. The Labute approximate surface area is 298 Å². The van der Waals surface area contributed by atoms with E-state index in [1.165, 1.54) is 33.4 Å². The molecular weight excluding hydrogens is 621 g/mol. The van der Waals surface area contributed by atoms with Crippen LogP contribution in [0.5, 0.6) is 0 Å². The summed E-state index contributed by atoms with van der Waals surface area (Å²) < 4.78 is 0. The van der Waals surface area contributed by atoms with Crippen LogP contribution in [0.25, 0.3) is 78.8 Å². The van der Waals surface area contributed by atoms with E-state index in [0.717, 1.165) is 39.1 Å². The first-order valence-electron chi connectivity index (χ1n) is 17.3. The SMILES string of the molecule is CC1(C)c2ccccc2-c2cc(-c3nc(-c4ccccc4)nc(-c4cc(-c5ccc(-c6ccccc6)cc5)cc(-c5ccccn5)c4)n3)ccc21. The number of benzene rings is 6. The monoisotopic (exact) mass is 654 g/mol. The topological polar surface area (TPSA) is 51.6 Å². The van der Waals surface area contributed by atoms with Crippen LogP contribution in [0.3, 0.4) is 0 Å². The summed E-state index contributed by atoms with van der Waals surface area (Å²) >= 11 is 0. The molecule has 0 fully saturated rings. The molecule has 242 valence electrons. The molecule has 2 heterocycles. The van der Waals surface area contributed by atoms with E-state index in [-0.39, 0.29) is 5.41 Å². The summed E-state index contributed by atoms with van der Waals surface area (Å²) in [6.45, 7) is 4.60. The number of pyridine rings is 1. The van der Waals surface area contributed by atoms with Crippen LogP contribution in [0.2, 0.25) is 0 Å². The summed E-state index contributed by atoms with van der Waals surface area (Å²) in [7, 11) is 0. The quantitative estimate of drug-likeness (QED) is 0.179. The predicted octanol–water partition coefficient (Wildman–Crippen LogP) is 11.6. The van der Waals surface area contributed by atoms with Gasteiger partial charge >= 0.3 is 0 Å². The summed E-state index contributed by atoms with van der Waals surface area (Å²) in [6, 6.07) is 57.2. The summed E-state index contributed by atoms with van der Waals surface area (Å²) in [5, 5.41) is 0. The molecule has 4 heteroatoms. The third-order valence-electron chi connectivity index (χ3n) is 9.99. The first-order valence-corrected chi connectivity index (χ1v) is 17.3.